The van der Waals surface area contributed by atoms with Gasteiger partial charge in [0.25, 0.3) is 5.91 Å². The van der Waals surface area contributed by atoms with Gasteiger partial charge in [-0.1, -0.05) is 24.3 Å². The summed E-state index contributed by atoms with van der Waals surface area (Å²) in [7, 11) is 0. The molecule has 0 bridgehead atoms. The standard InChI is InChI=1S/C22H25N3O4/c1-14-7-8-16(20(26)23-18-11-9-15(10-12-18)21(27)28)13-19(14)25-22(29)24-17-5-3-2-4-6-17/h2-8,13,15,18H,9-12H2,1H3,(H,23,26)(H,27,28)(H2,24,25,29). The van der Waals surface area contributed by atoms with Crippen molar-refractivity contribution in [1.82, 2.24) is 5.32 Å². The van der Waals surface area contributed by atoms with Crippen molar-refractivity contribution in [2.24, 2.45) is 5.92 Å². The summed E-state index contributed by atoms with van der Waals surface area (Å²) in [6, 6.07) is 13.8. The van der Waals surface area contributed by atoms with Crippen LogP contribution < -0.4 is 16.0 Å². The van der Waals surface area contributed by atoms with Gasteiger partial charge < -0.3 is 21.1 Å². The van der Waals surface area contributed by atoms with Crippen LogP contribution in [0.3, 0.4) is 0 Å². The molecule has 0 atom stereocenters. The number of rotatable bonds is 5. The van der Waals surface area contributed by atoms with Gasteiger partial charge in [0.1, 0.15) is 0 Å². The molecule has 0 heterocycles. The van der Waals surface area contributed by atoms with E-state index in [1.807, 2.05) is 25.1 Å². The van der Waals surface area contributed by atoms with Crippen molar-refractivity contribution in [3.05, 3.63) is 59.7 Å². The van der Waals surface area contributed by atoms with E-state index in [9.17, 15) is 14.4 Å². The van der Waals surface area contributed by atoms with Crippen LogP contribution >= 0.6 is 0 Å². The Morgan fingerprint density at radius 3 is 2.28 bits per heavy atom. The fourth-order valence-corrected chi connectivity index (χ4v) is 3.46. The number of urea groups is 1. The molecule has 0 aromatic heterocycles. The molecule has 0 unspecified atom stereocenters. The Hall–Kier alpha value is -3.35. The molecule has 0 aliphatic heterocycles. The molecule has 7 heteroatoms. The Kier molecular flexibility index (Phi) is 6.49. The normalized spacial score (nSPS) is 18.5. The van der Waals surface area contributed by atoms with E-state index in [1.165, 1.54) is 0 Å². The minimum absolute atomic E-state index is 0.0304. The molecular weight excluding hydrogens is 370 g/mol. The predicted octanol–water partition coefficient (Wildman–Crippen LogP) is 4.01. The van der Waals surface area contributed by atoms with Crippen LogP contribution in [-0.4, -0.2) is 29.1 Å². The van der Waals surface area contributed by atoms with E-state index in [2.05, 4.69) is 16.0 Å². The van der Waals surface area contributed by atoms with Gasteiger partial charge >= 0.3 is 12.0 Å². The van der Waals surface area contributed by atoms with E-state index in [1.54, 1.807) is 30.3 Å². The Bertz CT molecular complexity index is 890. The third-order valence-electron chi connectivity index (χ3n) is 5.19. The van der Waals surface area contributed by atoms with E-state index < -0.39 is 5.97 Å². The van der Waals surface area contributed by atoms with Gasteiger partial charge in [0.2, 0.25) is 0 Å². The molecule has 7 nitrogen and oxygen atoms in total. The zero-order valence-electron chi connectivity index (χ0n) is 16.3. The first-order valence-electron chi connectivity index (χ1n) is 9.70. The highest BCUT2D eigenvalue weighted by atomic mass is 16.4. The summed E-state index contributed by atoms with van der Waals surface area (Å²) < 4.78 is 0. The number of hydrogen-bond donors (Lipinski definition) is 4. The predicted molar refractivity (Wildman–Crippen MR) is 111 cm³/mol. The number of hydrogen-bond acceptors (Lipinski definition) is 3. The molecule has 0 spiro atoms. The Balaban J connectivity index is 1.60. The smallest absolute Gasteiger partial charge is 0.323 e. The van der Waals surface area contributed by atoms with E-state index in [0.29, 0.717) is 42.6 Å². The zero-order valence-corrected chi connectivity index (χ0v) is 16.3. The second kappa shape index (κ2) is 9.23. The molecule has 2 aromatic rings. The lowest BCUT2D eigenvalue weighted by Gasteiger charge is -2.26. The van der Waals surface area contributed by atoms with Gasteiger partial charge in [0.15, 0.2) is 0 Å². The molecule has 1 aliphatic rings. The van der Waals surface area contributed by atoms with Crippen molar-refractivity contribution in [1.29, 1.82) is 0 Å². The largest absolute Gasteiger partial charge is 0.481 e. The topological polar surface area (TPSA) is 108 Å². The van der Waals surface area contributed by atoms with Crippen LogP contribution in [0.5, 0.6) is 0 Å². The minimum Gasteiger partial charge on any atom is -0.481 e. The number of carboxylic acid groups (broad SMARTS) is 1. The summed E-state index contributed by atoms with van der Waals surface area (Å²) in [5.41, 5.74) is 2.52. The first kappa shape index (κ1) is 20.4. The number of amides is 3. The summed E-state index contributed by atoms with van der Waals surface area (Å²) in [6.45, 7) is 1.85. The van der Waals surface area contributed by atoms with E-state index in [-0.39, 0.29) is 23.9 Å². The number of carboxylic acids is 1. The van der Waals surface area contributed by atoms with Crippen LogP contribution in [0.1, 0.15) is 41.6 Å². The Labute approximate surface area is 169 Å². The molecule has 1 saturated carbocycles. The quantitative estimate of drug-likeness (QED) is 0.613. The van der Waals surface area contributed by atoms with Crippen molar-refractivity contribution in [3.8, 4) is 0 Å². The van der Waals surface area contributed by atoms with E-state index in [0.717, 1.165) is 5.56 Å². The number of carbonyl (C=O) groups excluding carboxylic acids is 2. The number of nitrogens with one attached hydrogen (secondary N) is 3. The molecule has 0 radical (unpaired) electrons. The van der Waals surface area contributed by atoms with E-state index in [4.69, 9.17) is 5.11 Å². The maximum Gasteiger partial charge on any atom is 0.323 e. The summed E-state index contributed by atoms with van der Waals surface area (Å²) in [4.78, 5) is 35.9. The number of benzene rings is 2. The Morgan fingerprint density at radius 2 is 1.62 bits per heavy atom. The van der Waals surface area contributed by atoms with Gasteiger partial charge in [-0.05, 0) is 62.4 Å². The molecule has 2 aromatic carbocycles. The van der Waals surface area contributed by atoms with Crippen LogP contribution in [0.25, 0.3) is 0 Å². The van der Waals surface area contributed by atoms with Gasteiger partial charge in [0, 0.05) is 23.0 Å². The molecule has 1 aliphatic carbocycles. The molecule has 0 saturated heterocycles. The summed E-state index contributed by atoms with van der Waals surface area (Å²) >= 11 is 0. The fourth-order valence-electron chi connectivity index (χ4n) is 3.46. The monoisotopic (exact) mass is 395 g/mol. The van der Waals surface area contributed by atoms with Gasteiger partial charge in [-0.2, -0.15) is 0 Å². The lowest BCUT2D eigenvalue weighted by Crippen LogP contribution is -2.38. The number of carbonyl (C=O) groups is 3. The van der Waals surface area contributed by atoms with Gasteiger partial charge in [-0.15, -0.1) is 0 Å². The molecule has 152 valence electrons. The number of aliphatic carboxylic acids is 1. The van der Waals surface area contributed by atoms with Crippen molar-refractivity contribution >= 4 is 29.3 Å². The molecule has 4 N–H and O–H groups in total. The van der Waals surface area contributed by atoms with Crippen molar-refractivity contribution in [2.75, 3.05) is 10.6 Å². The molecule has 3 amide bonds. The van der Waals surface area contributed by atoms with Crippen molar-refractivity contribution in [3.63, 3.8) is 0 Å². The van der Waals surface area contributed by atoms with Crippen LogP contribution in [-0.2, 0) is 4.79 Å². The third-order valence-corrected chi connectivity index (χ3v) is 5.19. The number of anilines is 2. The van der Waals surface area contributed by atoms with Crippen LogP contribution in [0.2, 0.25) is 0 Å². The average Bonchev–Trinajstić information content (AvgIpc) is 2.70. The summed E-state index contributed by atoms with van der Waals surface area (Å²) in [5.74, 6) is -1.31. The maximum absolute atomic E-state index is 12.6. The first-order valence-corrected chi connectivity index (χ1v) is 9.70. The molecular formula is C22H25N3O4. The summed E-state index contributed by atoms with van der Waals surface area (Å²) in [6.07, 6.45) is 2.44. The summed E-state index contributed by atoms with van der Waals surface area (Å²) in [5, 5.41) is 17.6. The maximum atomic E-state index is 12.6. The average molecular weight is 395 g/mol. The highest BCUT2D eigenvalue weighted by Gasteiger charge is 2.27. The first-order chi connectivity index (χ1) is 13.9. The number of aryl methyl sites for hydroxylation is 1. The lowest BCUT2D eigenvalue weighted by atomic mass is 9.86. The van der Waals surface area contributed by atoms with Crippen LogP contribution in [0.4, 0.5) is 16.2 Å². The minimum atomic E-state index is -0.766. The zero-order chi connectivity index (χ0) is 20.8. The van der Waals surface area contributed by atoms with Crippen LogP contribution in [0.15, 0.2) is 48.5 Å². The molecule has 1 fully saturated rings. The third kappa shape index (κ3) is 5.57. The Morgan fingerprint density at radius 1 is 0.931 bits per heavy atom. The van der Waals surface area contributed by atoms with Crippen molar-refractivity contribution < 1.29 is 19.5 Å². The fraction of sp³-hybridized carbons (Fsp3) is 0.318. The highest BCUT2D eigenvalue weighted by Crippen LogP contribution is 2.25. The lowest BCUT2D eigenvalue weighted by molar-refractivity contribution is -0.142. The number of para-hydroxylation sites is 1. The van der Waals surface area contributed by atoms with Gasteiger partial charge in [-0.25, -0.2) is 4.79 Å². The van der Waals surface area contributed by atoms with Gasteiger partial charge in [-0.3, -0.25) is 9.59 Å². The SMILES string of the molecule is Cc1ccc(C(=O)NC2CCC(C(=O)O)CC2)cc1NC(=O)Nc1ccccc1. The van der Waals surface area contributed by atoms with Crippen LogP contribution in [0, 0.1) is 12.8 Å². The highest BCUT2D eigenvalue weighted by molar-refractivity contribution is 6.02. The molecule has 29 heavy (non-hydrogen) atoms. The van der Waals surface area contributed by atoms with E-state index >= 15 is 0 Å². The molecule has 3 rings (SSSR count). The van der Waals surface area contributed by atoms with Gasteiger partial charge in [0.05, 0.1) is 5.92 Å². The van der Waals surface area contributed by atoms with Crippen molar-refractivity contribution in [2.45, 2.75) is 38.6 Å². The second-order valence-electron chi connectivity index (χ2n) is 7.34. The second-order valence-corrected chi connectivity index (χ2v) is 7.34.